The summed E-state index contributed by atoms with van der Waals surface area (Å²) in [5.74, 6) is -0.368. The molecule has 122 valence electrons. The average molecular weight is 332 g/mol. The van der Waals surface area contributed by atoms with Crippen LogP contribution in [0.15, 0.2) is 72.2 Å². The van der Waals surface area contributed by atoms with Gasteiger partial charge in [0.2, 0.25) is 0 Å². The molecule has 25 heavy (non-hydrogen) atoms. The fourth-order valence-electron chi connectivity index (χ4n) is 2.74. The van der Waals surface area contributed by atoms with Crippen LogP contribution in [0.4, 0.5) is 4.39 Å². The summed E-state index contributed by atoms with van der Waals surface area (Å²) >= 11 is 0. The second-order valence-corrected chi connectivity index (χ2v) is 5.59. The van der Waals surface area contributed by atoms with E-state index < -0.39 is 0 Å². The van der Waals surface area contributed by atoms with Crippen LogP contribution in [0.25, 0.3) is 22.2 Å². The molecule has 0 fully saturated rings. The first kappa shape index (κ1) is 15.1. The Hall–Kier alpha value is -3.41. The van der Waals surface area contributed by atoms with Crippen molar-refractivity contribution in [2.45, 2.75) is 6.54 Å². The van der Waals surface area contributed by atoms with Crippen LogP contribution in [0, 0.1) is 5.82 Å². The van der Waals surface area contributed by atoms with Gasteiger partial charge >= 0.3 is 0 Å². The molecule has 1 aromatic carbocycles. The second-order valence-electron chi connectivity index (χ2n) is 5.59. The van der Waals surface area contributed by atoms with Crippen molar-refractivity contribution in [1.82, 2.24) is 19.5 Å². The van der Waals surface area contributed by atoms with Crippen LogP contribution < -0.4 is 5.56 Å². The van der Waals surface area contributed by atoms with E-state index in [-0.39, 0.29) is 17.9 Å². The number of hydrogen-bond acceptors (Lipinski definition) is 4. The van der Waals surface area contributed by atoms with E-state index in [1.54, 1.807) is 43.0 Å². The Morgan fingerprint density at radius 2 is 1.84 bits per heavy atom. The third-order valence-electron chi connectivity index (χ3n) is 4.03. The molecule has 6 heteroatoms. The van der Waals surface area contributed by atoms with Gasteiger partial charge in [-0.25, -0.2) is 9.37 Å². The summed E-state index contributed by atoms with van der Waals surface area (Å²) < 4.78 is 16.1. The van der Waals surface area contributed by atoms with E-state index in [0.29, 0.717) is 16.6 Å². The highest BCUT2D eigenvalue weighted by Gasteiger charge is 2.10. The zero-order chi connectivity index (χ0) is 17.2. The van der Waals surface area contributed by atoms with Crippen LogP contribution in [-0.2, 0) is 6.54 Å². The molecule has 0 aliphatic heterocycles. The van der Waals surface area contributed by atoms with Gasteiger partial charge in [-0.15, -0.1) is 0 Å². The van der Waals surface area contributed by atoms with Gasteiger partial charge in [0.25, 0.3) is 5.56 Å². The van der Waals surface area contributed by atoms with Gasteiger partial charge in [-0.1, -0.05) is 18.2 Å². The van der Waals surface area contributed by atoms with Gasteiger partial charge in [0.05, 0.1) is 24.5 Å². The van der Waals surface area contributed by atoms with Crippen molar-refractivity contribution < 1.29 is 4.39 Å². The summed E-state index contributed by atoms with van der Waals surface area (Å²) in [6.07, 6.45) is 7.74. The number of rotatable bonds is 3. The maximum absolute atomic E-state index is 14.6. The largest absolute Gasteiger partial charge is 0.301 e. The Morgan fingerprint density at radius 3 is 2.64 bits per heavy atom. The molecule has 3 heterocycles. The molecule has 0 N–H and O–H groups in total. The van der Waals surface area contributed by atoms with Crippen LogP contribution >= 0.6 is 0 Å². The standard InChI is InChI=1S/C19H13FN4O/c20-16-8-13(14-2-1-6-21-9-14)3-4-15(16)12-24-18-5-7-22-10-17(18)23-11-19(24)25/h1-11H,12H2. The highest BCUT2D eigenvalue weighted by molar-refractivity contribution is 5.73. The molecule has 0 saturated heterocycles. The summed E-state index contributed by atoms with van der Waals surface area (Å²) in [6.45, 7) is 0.126. The fraction of sp³-hybridized carbons (Fsp3) is 0.0526. The molecular weight excluding hydrogens is 319 g/mol. The van der Waals surface area contributed by atoms with E-state index in [9.17, 15) is 9.18 Å². The lowest BCUT2D eigenvalue weighted by atomic mass is 10.0. The van der Waals surface area contributed by atoms with Crippen LogP contribution in [0.3, 0.4) is 0 Å². The lowest BCUT2D eigenvalue weighted by molar-refractivity contribution is 0.599. The zero-order valence-corrected chi connectivity index (χ0v) is 13.1. The number of halogens is 1. The molecule has 4 aromatic rings. The summed E-state index contributed by atoms with van der Waals surface area (Å²) in [6, 6.07) is 10.4. The predicted octanol–water partition coefficient (Wildman–Crippen LogP) is 3.04. The van der Waals surface area contributed by atoms with Crippen molar-refractivity contribution in [2.24, 2.45) is 0 Å². The van der Waals surface area contributed by atoms with E-state index in [1.165, 1.54) is 16.8 Å². The van der Waals surface area contributed by atoms with Gasteiger partial charge in [0, 0.05) is 29.7 Å². The quantitative estimate of drug-likeness (QED) is 0.578. The van der Waals surface area contributed by atoms with E-state index in [2.05, 4.69) is 15.0 Å². The van der Waals surface area contributed by atoms with Gasteiger partial charge in [0.15, 0.2) is 0 Å². The first-order valence-electron chi connectivity index (χ1n) is 7.71. The van der Waals surface area contributed by atoms with Crippen molar-refractivity contribution in [3.8, 4) is 11.1 Å². The topological polar surface area (TPSA) is 60.7 Å². The maximum atomic E-state index is 14.6. The Balaban J connectivity index is 1.75. The fourth-order valence-corrected chi connectivity index (χ4v) is 2.74. The smallest absolute Gasteiger partial charge is 0.269 e. The maximum Gasteiger partial charge on any atom is 0.269 e. The molecular formula is C19H13FN4O. The highest BCUT2D eigenvalue weighted by atomic mass is 19.1. The van der Waals surface area contributed by atoms with Crippen molar-refractivity contribution in [2.75, 3.05) is 0 Å². The molecule has 0 unspecified atom stereocenters. The van der Waals surface area contributed by atoms with Crippen molar-refractivity contribution in [3.05, 3.63) is 89.1 Å². The number of fused-ring (bicyclic) bond motifs is 1. The Bertz CT molecular complexity index is 1110. The molecule has 5 nitrogen and oxygen atoms in total. The predicted molar refractivity (Wildman–Crippen MR) is 92.5 cm³/mol. The molecule has 0 amide bonds. The van der Waals surface area contributed by atoms with E-state index in [0.717, 1.165) is 11.1 Å². The summed E-state index contributed by atoms with van der Waals surface area (Å²) in [4.78, 5) is 24.3. The van der Waals surface area contributed by atoms with Gasteiger partial charge in [0.1, 0.15) is 11.3 Å². The number of aromatic nitrogens is 4. The minimum absolute atomic E-state index is 0.126. The molecule has 0 spiro atoms. The number of nitrogens with zero attached hydrogens (tertiary/aromatic N) is 4. The normalized spacial score (nSPS) is 10.9. The molecule has 0 bridgehead atoms. The van der Waals surface area contributed by atoms with Crippen molar-refractivity contribution >= 4 is 11.0 Å². The first-order valence-corrected chi connectivity index (χ1v) is 7.71. The summed E-state index contributed by atoms with van der Waals surface area (Å²) in [5.41, 5.74) is 2.94. The Labute approximate surface area is 142 Å². The summed E-state index contributed by atoms with van der Waals surface area (Å²) in [7, 11) is 0. The number of hydrogen-bond donors (Lipinski definition) is 0. The average Bonchev–Trinajstić information content (AvgIpc) is 2.66. The van der Waals surface area contributed by atoms with Crippen LogP contribution in [0.1, 0.15) is 5.56 Å². The van der Waals surface area contributed by atoms with Crippen molar-refractivity contribution in [1.29, 1.82) is 0 Å². The highest BCUT2D eigenvalue weighted by Crippen LogP contribution is 2.22. The molecule has 0 radical (unpaired) electrons. The molecule has 3 aromatic heterocycles. The molecule has 0 aliphatic rings. The molecule has 0 saturated carbocycles. The van der Waals surface area contributed by atoms with Gasteiger partial charge in [-0.2, -0.15) is 0 Å². The van der Waals surface area contributed by atoms with Gasteiger partial charge in [-0.3, -0.25) is 14.8 Å². The third-order valence-corrected chi connectivity index (χ3v) is 4.03. The van der Waals surface area contributed by atoms with E-state index >= 15 is 0 Å². The molecule has 4 rings (SSSR count). The van der Waals surface area contributed by atoms with Gasteiger partial charge < -0.3 is 4.57 Å². The number of pyridine rings is 2. The third kappa shape index (κ3) is 2.89. The van der Waals surface area contributed by atoms with Crippen LogP contribution in [0.2, 0.25) is 0 Å². The Morgan fingerprint density at radius 1 is 0.960 bits per heavy atom. The van der Waals surface area contributed by atoms with Crippen molar-refractivity contribution in [3.63, 3.8) is 0 Å². The SMILES string of the molecule is O=c1cnc2cnccc2n1Cc1ccc(-c2cccnc2)cc1F. The lowest BCUT2D eigenvalue weighted by Gasteiger charge is -2.11. The van der Waals surface area contributed by atoms with Crippen LogP contribution in [-0.4, -0.2) is 19.5 Å². The van der Waals surface area contributed by atoms with Gasteiger partial charge in [-0.05, 0) is 23.8 Å². The second kappa shape index (κ2) is 6.24. The van der Waals surface area contributed by atoms with E-state index in [1.807, 2.05) is 12.1 Å². The Kier molecular flexibility index (Phi) is 3.78. The van der Waals surface area contributed by atoms with E-state index in [4.69, 9.17) is 0 Å². The minimum atomic E-state index is -0.368. The lowest BCUT2D eigenvalue weighted by Crippen LogP contribution is -2.21. The van der Waals surface area contributed by atoms with Crippen LogP contribution in [0.5, 0.6) is 0 Å². The monoisotopic (exact) mass is 332 g/mol. The minimum Gasteiger partial charge on any atom is -0.301 e. The summed E-state index contributed by atoms with van der Waals surface area (Å²) in [5, 5.41) is 0. The number of benzene rings is 1. The molecule has 0 aliphatic carbocycles. The first-order chi connectivity index (χ1) is 12.2. The zero-order valence-electron chi connectivity index (χ0n) is 13.1. The molecule has 0 atom stereocenters.